The van der Waals surface area contributed by atoms with E-state index in [1.807, 2.05) is 35.8 Å². The third-order valence-corrected chi connectivity index (χ3v) is 6.80. The van der Waals surface area contributed by atoms with Crippen LogP contribution in [0.1, 0.15) is 34.8 Å². The first-order chi connectivity index (χ1) is 16.4. The van der Waals surface area contributed by atoms with Crippen molar-refractivity contribution < 1.29 is 9.53 Å². The van der Waals surface area contributed by atoms with Crippen molar-refractivity contribution in [1.82, 2.24) is 24.3 Å². The number of anilines is 2. The topological polar surface area (TPSA) is 141 Å². The number of ether oxygens (including phenoxy) is 1. The highest BCUT2D eigenvalue weighted by molar-refractivity contribution is 7.99. The molecule has 1 saturated heterocycles. The predicted molar refractivity (Wildman–Crippen MR) is 128 cm³/mol. The monoisotopic (exact) mass is 483 g/mol. The summed E-state index contributed by atoms with van der Waals surface area (Å²) in [4.78, 5) is 42.0. The Kier molecular flexibility index (Phi) is 6.00. The third-order valence-electron chi connectivity index (χ3n) is 5.88. The average molecular weight is 484 g/mol. The molecule has 1 saturated carbocycles. The number of Topliss-reactive ketones (excluding diaryl/α,β-unsaturated/α-hetero) is 1. The lowest BCUT2D eigenvalue weighted by molar-refractivity contribution is 0.102. The predicted octanol–water partition coefficient (Wildman–Crippen LogP) is 1.15. The number of carbonyl (C=O) groups is 1. The summed E-state index contributed by atoms with van der Waals surface area (Å²) in [6.07, 6.45) is 1.59. The molecule has 11 nitrogen and oxygen atoms in total. The van der Waals surface area contributed by atoms with Gasteiger partial charge in [-0.05, 0) is 37.5 Å². The number of nitrogens with two attached hydrogens (primary N) is 1. The van der Waals surface area contributed by atoms with Gasteiger partial charge in [0.1, 0.15) is 11.4 Å². The van der Waals surface area contributed by atoms with Crippen molar-refractivity contribution in [1.29, 1.82) is 0 Å². The number of aromatic amines is 1. The first-order valence-corrected chi connectivity index (χ1v) is 12.1. The summed E-state index contributed by atoms with van der Waals surface area (Å²) in [5, 5.41) is 9.27. The zero-order valence-corrected chi connectivity index (χ0v) is 19.5. The first-order valence-electron chi connectivity index (χ1n) is 11.1. The molecule has 0 bridgehead atoms. The van der Waals surface area contributed by atoms with E-state index in [4.69, 9.17) is 10.5 Å². The molecular weight excluding hydrogens is 458 g/mol. The van der Waals surface area contributed by atoms with Crippen LogP contribution in [0.5, 0.6) is 0 Å². The lowest BCUT2D eigenvalue weighted by atomic mass is 10.2. The van der Waals surface area contributed by atoms with Crippen LogP contribution in [0.25, 0.3) is 5.69 Å². The molecule has 3 aromatic rings. The van der Waals surface area contributed by atoms with Gasteiger partial charge in [0.2, 0.25) is 5.95 Å². The van der Waals surface area contributed by atoms with Crippen LogP contribution in [-0.4, -0.2) is 62.2 Å². The van der Waals surface area contributed by atoms with Crippen LogP contribution in [0.4, 0.5) is 11.8 Å². The van der Waals surface area contributed by atoms with Crippen molar-refractivity contribution in [2.75, 3.05) is 42.7 Å². The number of nitrogen functional groups attached to an aromatic ring is 1. The zero-order chi connectivity index (χ0) is 23.8. The molecule has 0 amide bonds. The molecular formula is C22H25N7O4S. The summed E-state index contributed by atoms with van der Waals surface area (Å²) in [5.41, 5.74) is 6.52. The molecule has 1 aliphatic carbocycles. The highest BCUT2D eigenvalue weighted by atomic mass is 32.2. The van der Waals surface area contributed by atoms with Crippen LogP contribution in [0.15, 0.2) is 39.0 Å². The Hall–Kier alpha value is -3.38. The van der Waals surface area contributed by atoms with Crippen molar-refractivity contribution in [3.05, 3.63) is 56.2 Å². The standard InChI is InChI=1S/C22H25N7O4S/c1-13-3-2-4-15(11-13)29-20(27-7-9-33-10-8-27)25-26-22(29)34-12-16(30)17-18(23)28(14-5-6-14)21(32)24-19(17)31/h2-4,11,14H,5-10,12,23H2,1H3,(H,24,31,32). The number of hydrogen-bond donors (Lipinski definition) is 2. The highest BCUT2D eigenvalue weighted by Gasteiger charge is 2.30. The van der Waals surface area contributed by atoms with Gasteiger partial charge in [-0.2, -0.15) is 0 Å². The van der Waals surface area contributed by atoms with Crippen LogP contribution in [0.3, 0.4) is 0 Å². The van der Waals surface area contributed by atoms with E-state index in [1.165, 1.54) is 16.3 Å². The second-order valence-electron chi connectivity index (χ2n) is 8.39. The van der Waals surface area contributed by atoms with E-state index in [9.17, 15) is 14.4 Å². The Morgan fingerprint density at radius 2 is 2.00 bits per heavy atom. The van der Waals surface area contributed by atoms with Crippen molar-refractivity contribution >= 4 is 29.3 Å². The molecule has 3 heterocycles. The highest BCUT2D eigenvalue weighted by Crippen LogP contribution is 2.35. The molecule has 0 unspecified atom stereocenters. The van der Waals surface area contributed by atoms with E-state index in [-0.39, 0.29) is 23.2 Å². The first kappa shape index (κ1) is 22.4. The van der Waals surface area contributed by atoms with E-state index in [2.05, 4.69) is 20.1 Å². The fourth-order valence-corrected chi connectivity index (χ4v) is 4.87. The van der Waals surface area contributed by atoms with Gasteiger partial charge >= 0.3 is 5.69 Å². The number of aromatic nitrogens is 5. The molecule has 3 N–H and O–H groups in total. The van der Waals surface area contributed by atoms with Gasteiger partial charge in [-0.1, -0.05) is 23.9 Å². The second kappa shape index (κ2) is 9.11. The second-order valence-corrected chi connectivity index (χ2v) is 9.33. The third kappa shape index (κ3) is 4.26. The van der Waals surface area contributed by atoms with Crippen LogP contribution in [0, 0.1) is 6.92 Å². The molecule has 34 heavy (non-hydrogen) atoms. The summed E-state index contributed by atoms with van der Waals surface area (Å²) < 4.78 is 8.69. The van der Waals surface area contributed by atoms with Gasteiger partial charge in [0.15, 0.2) is 10.9 Å². The molecule has 0 spiro atoms. The van der Waals surface area contributed by atoms with Gasteiger partial charge < -0.3 is 15.4 Å². The molecule has 2 aliphatic rings. The van der Waals surface area contributed by atoms with Gasteiger partial charge in [-0.15, -0.1) is 10.2 Å². The number of aryl methyl sites for hydroxylation is 1. The van der Waals surface area contributed by atoms with E-state index < -0.39 is 17.0 Å². The van der Waals surface area contributed by atoms with Crippen molar-refractivity contribution in [3.63, 3.8) is 0 Å². The molecule has 1 aliphatic heterocycles. The normalized spacial score (nSPS) is 16.1. The summed E-state index contributed by atoms with van der Waals surface area (Å²) >= 11 is 1.17. The Balaban J connectivity index is 1.46. The van der Waals surface area contributed by atoms with Crippen LogP contribution in [0.2, 0.25) is 0 Å². The van der Waals surface area contributed by atoms with Crippen LogP contribution in [-0.2, 0) is 4.74 Å². The van der Waals surface area contributed by atoms with E-state index in [0.717, 1.165) is 24.1 Å². The minimum atomic E-state index is -0.765. The number of ketones is 1. The Labute approximate surface area is 198 Å². The number of benzene rings is 1. The molecule has 178 valence electrons. The molecule has 0 radical (unpaired) electrons. The average Bonchev–Trinajstić information content (AvgIpc) is 3.55. The minimum Gasteiger partial charge on any atom is -0.384 e. The zero-order valence-electron chi connectivity index (χ0n) is 18.7. The molecule has 5 rings (SSSR count). The fraction of sp³-hybridized carbons (Fsp3) is 0.409. The maximum atomic E-state index is 13.1. The largest absolute Gasteiger partial charge is 0.384 e. The molecule has 2 aromatic heterocycles. The number of hydrogen-bond acceptors (Lipinski definition) is 9. The fourth-order valence-electron chi connectivity index (χ4n) is 4.05. The van der Waals surface area contributed by atoms with Crippen molar-refractivity contribution in [2.45, 2.75) is 31.0 Å². The van der Waals surface area contributed by atoms with Gasteiger partial charge in [0.05, 0.1) is 24.7 Å². The minimum absolute atomic E-state index is 0.0657. The number of morpholine rings is 1. The number of carbonyl (C=O) groups excluding carboxylic acids is 1. The van der Waals surface area contributed by atoms with E-state index in [0.29, 0.717) is 37.4 Å². The van der Waals surface area contributed by atoms with Crippen molar-refractivity contribution in [2.24, 2.45) is 0 Å². The number of thioether (sulfide) groups is 1. The summed E-state index contributed by atoms with van der Waals surface area (Å²) in [6.45, 7) is 4.56. The Morgan fingerprint density at radius 1 is 1.24 bits per heavy atom. The smallest absolute Gasteiger partial charge is 0.330 e. The Morgan fingerprint density at radius 3 is 2.71 bits per heavy atom. The van der Waals surface area contributed by atoms with Crippen LogP contribution < -0.4 is 21.9 Å². The van der Waals surface area contributed by atoms with Gasteiger partial charge in [-0.3, -0.25) is 23.7 Å². The number of nitrogens with zero attached hydrogens (tertiary/aromatic N) is 5. The summed E-state index contributed by atoms with van der Waals surface area (Å²) in [7, 11) is 0. The maximum absolute atomic E-state index is 13.1. The maximum Gasteiger partial charge on any atom is 0.330 e. The van der Waals surface area contributed by atoms with Gasteiger partial charge in [0, 0.05) is 19.1 Å². The van der Waals surface area contributed by atoms with Gasteiger partial charge in [-0.25, -0.2) is 4.79 Å². The van der Waals surface area contributed by atoms with Crippen LogP contribution >= 0.6 is 11.8 Å². The molecule has 2 fully saturated rings. The summed E-state index contributed by atoms with van der Waals surface area (Å²) in [5.74, 6) is 0.0489. The molecule has 1 aromatic carbocycles. The summed E-state index contributed by atoms with van der Waals surface area (Å²) in [6, 6.07) is 7.87. The Bertz CT molecular complexity index is 1350. The van der Waals surface area contributed by atoms with E-state index in [1.54, 1.807) is 0 Å². The molecule has 0 atom stereocenters. The number of rotatable bonds is 7. The quantitative estimate of drug-likeness (QED) is 0.374. The lowest BCUT2D eigenvalue weighted by Gasteiger charge is -2.28. The lowest BCUT2D eigenvalue weighted by Crippen LogP contribution is -2.38. The SMILES string of the molecule is Cc1cccc(-n2c(SCC(=O)c3c(N)n(C4CC4)c(=O)[nH]c3=O)nnc2N2CCOCC2)c1. The van der Waals surface area contributed by atoms with Crippen molar-refractivity contribution in [3.8, 4) is 5.69 Å². The van der Waals surface area contributed by atoms with E-state index >= 15 is 0 Å². The van der Waals surface area contributed by atoms with Gasteiger partial charge in [0.25, 0.3) is 5.56 Å². The number of nitrogens with one attached hydrogen (secondary N) is 1. The number of H-pyrrole nitrogens is 1. The molecule has 12 heteroatoms.